The van der Waals surface area contributed by atoms with Gasteiger partial charge in [0.2, 0.25) is 0 Å². The molecular weight excluding hydrogens is 280 g/mol. The van der Waals surface area contributed by atoms with Gasteiger partial charge in [-0.2, -0.15) is 0 Å². The zero-order valence-electron chi connectivity index (χ0n) is 16.1. The number of hydrogen-bond acceptors (Lipinski definition) is 1. The first kappa shape index (κ1) is 21.9. The number of aliphatic hydroxyl groups is 1. The largest absolute Gasteiger partial charge is 0.396 e. The van der Waals surface area contributed by atoms with E-state index in [0.717, 1.165) is 32.1 Å². The monoisotopic (exact) mass is 318 g/mol. The molecule has 132 valence electrons. The van der Waals surface area contributed by atoms with E-state index in [1.165, 1.54) is 41.6 Å². The molecule has 0 heterocycles. The lowest BCUT2D eigenvalue weighted by Crippen LogP contribution is -1.83. The molecule has 0 saturated carbocycles. The van der Waals surface area contributed by atoms with Gasteiger partial charge in [0, 0.05) is 6.61 Å². The Morgan fingerprint density at radius 1 is 0.609 bits per heavy atom. The summed E-state index contributed by atoms with van der Waals surface area (Å²) in [5.41, 5.74) is 5.87. The normalized spacial score (nSPS) is 13.4. The van der Waals surface area contributed by atoms with Gasteiger partial charge in [0.15, 0.2) is 0 Å². The van der Waals surface area contributed by atoms with Gasteiger partial charge in [0.1, 0.15) is 0 Å². The predicted octanol–water partition coefficient (Wildman–Crippen LogP) is 6.90. The molecule has 1 N–H and O–H groups in total. The average Bonchev–Trinajstić information content (AvgIpc) is 2.47. The molecule has 0 radical (unpaired) electrons. The maximum absolute atomic E-state index is 8.78. The Morgan fingerprint density at radius 2 is 1.00 bits per heavy atom. The number of allylic oxidation sites excluding steroid dienone is 8. The minimum Gasteiger partial charge on any atom is -0.396 e. The van der Waals surface area contributed by atoms with E-state index in [0.29, 0.717) is 6.61 Å². The Bertz CT molecular complexity index is 417. The second kappa shape index (κ2) is 14.5. The van der Waals surface area contributed by atoms with Gasteiger partial charge in [0.25, 0.3) is 0 Å². The Balaban J connectivity index is 3.93. The number of rotatable bonds is 12. The van der Waals surface area contributed by atoms with Crippen molar-refractivity contribution in [2.24, 2.45) is 0 Å². The van der Waals surface area contributed by atoms with Gasteiger partial charge < -0.3 is 5.11 Å². The summed E-state index contributed by atoms with van der Waals surface area (Å²) < 4.78 is 0. The van der Waals surface area contributed by atoms with Gasteiger partial charge in [-0.25, -0.2) is 0 Å². The van der Waals surface area contributed by atoms with Crippen LogP contribution in [0, 0.1) is 0 Å². The van der Waals surface area contributed by atoms with Crippen molar-refractivity contribution in [3.63, 3.8) is 0 Å². The number of unbranched alkanes of at least 4 members (excludes halogenated alkanes) is 1. The van der Waals surface area contributed by atoms with Crippen LogP contribution in [-0.4, -0.2) is 11.7 Å². The predicted molar refractivity (Wildman–Crippen MR) is 105 cm³/mol. The molecule has 0 aromatic rings. The maximum Gasteiger partial charge on any atom is 0.0433 e. The quantitative estimate of drug-likeness (QED) is 0.306. The summed E-state index contributed by atoms with van der Waals surface area (Å²) in [5.74, 6) is 0. The second-order valence-electron chi connectivity index (χ2n) is 6.91. The standard InChI is InChI=1S/C22H38O/c1-19(2)11-8-13-21(4)15-10-17-22(5)16-9-14-20(3)12-6-7-18-23/h11-12,15-16,23H,6-10,13-14,17-18H2,1-5H3/b20-12+,21-15+,22-16+. The molecule has 1 nitrogen and oxygen atoms in total. The van der Waals surface area contributed by atoms with E-state index in [9.17, 15) is 0 Å². The number of aliphatic hydroxyl groups excluding tert-OH is 1. The molecule has 0 saturated heterocycles. The van der Waals surface area contributed by atoms with Crippen molar-refractivity contribution in [3.05, 3.63) is 46.6 Å². The Hall–Kier alpha value is -1.08. The molecule has 0 bridgehead atoms. The van der Waals surface area contributed by atoms with Crippen LogP contribution in [0.5, 0.6) is 0 Å². The molecule has 0 aromatic heterocycles. The van der Waals surface area contributed by atoms with E-state index in [1.807, 2.05) is 0 Å². The first-order chi connectivity index (χ1) is 11.0. The van der Waals surface area contributed by atoms with Crippen LogP contribution < -0.4 is 0 Å². The molecule has 1 heteroatoms. The summed E-state index contributed by atoms with van der Waals surface area (Å²) in [6.45, 7) is 11.3. The zero-order valence-corrected chi connectivity index (χ0v) is 16.1. The van der Waals surface area contributed by atoms with Crippen molar-refractivity contribution in [2.45, 2.75) is 86.0 Å². The lowest BCUT2D eigenvalue weighted by Gasteiger charge is -2.02. The fourth-order valence-electron chi connectivity index (χ4n) is 2.43. The topological polar surface area (TPSA) is 20.2 Å². The summed E-state index contributed by atoms with van der Waals surface area (Å²) >= 11 is 0. The van der Waals surface area contributed by atoms with Crippen LogP contribution in [0.25, 0.3) is 0 Å². The van der Waals surface area contributed by atoms with Crippen LogP contribution in [-0.2, 0) is 0 Å². The van der Waals surface area contributed by atoms with Crippen molar-refractivity contribution in [1.29, 1.82) is 0 Å². The Morgan fingerprint density at radius 3 is 1.39 bits per heavy atom. The lowest BCUT2D eigenvalue weighted by molar-refractivity contribution is 0.289. The molecule has 0 spiro atoms. The average molecular weight is 319 g/mol. The van der Waals surface area contributed by atoms with Gasteiger partial charge in [-0.05, 0) is 86.0 Å². The van der Waals surface area contributed by atoms with E-state index in [4.69, 9.17) is 5.11 Å². The summed E-state index contributed by atoms with van der Waals surface area (Å²) in [7, 11) is 0. The summed E-state index contributed by atoms with van der Waals surface area (Å²) in [6, 6.07) is 0. The zero-order chi connectivity index (χ0) is 17.5. The van der Waals surface area contributed by atoms with E-state index >= 15 is 0 Å². The molecule has 0 aliphatic rings. The van der Waals surface area contributed by atoms with Gasteiger partial charge in [-0.1, -0.05) is 46.6 Å². The smallest absolute Gasteiger partial charge is 0.0433 e. The minimum atomic E-state index is 0.296. The highest BCUT2D eigenvalue weighted by molar-refractivity contribution is 5.07. The SMILES string of the molecule is CC(C)=CCC/C(C)=C/CC/C(C)=C/CC/C(C)=C/CCCO. The Kier molecular flexibility index (Phi) is 13.8. The van der Waals surface area contributed by atoms with Gasteiger partial charge in [0.05, 0.1) is 0 Å². The summed E-state index contributed by atoms with van der Waals surface area (Å²) in [6.07, 6.45) is 18.2. The molecule has 23 heavy (non-hydrogen) atoms. The van der Waals surface area contributed by atoms with Crippen molar-refractivity contribution in [2.75, 3.05) is 6.61 Å². The fraction of sp³-hybridized carbons (Fsp3) is 0.636. The highest BCUT2D eigenvalue weighted by atomic mass is 16.2. The second-order valence-corrected chi connectivity index (χ2v) is 6.91. The van der Waals surface area contributed by atoms with Crippen LogP contribution >= 0.6 is 0 Å². The highest BCUT2D eigenvalue weighted by Crippen LogP contribution is 2.13. The summed E-state index contributed by atoms with van der Waals surface area (Å²) in [4.78, 5) is 0. The van der Waals surface area contributed by atoms with E-state index in [-0.39, 0.29) is 0 Å². The molecule has 0 aliphatic heterocycles. The third-order valence-corrected chi connectivity index (χ3v) is 4.01. The maximum atomic E-state index is 8.78. The van der Waals surface area contributed by atoms with Crippen LogP contribution in [0.2, 0.25) is 0 Å². The van der Waals surface area contributed by atoms with Gasteiger partial charge >= 0.3 is 0 Å². The van der Waals surface area contributed by atoms with Crippen molar-refractivity contribution in [3.8, 4) is 0 Å². The van der Waals surface area contributed by atoms with Gasteiger partial charge in [-0.15, -0.1) is 0 Å². The van der Waals surface area contributed by atoms with Crippen LogP contribution in [0.1, 0.15) is 86.0 Å². The lowest BCUT2D eigenvalue weighted by atomic mass is 10.0. The van der Waals surface area contributed by atoms with E-state index in [1.54, 1.807) is 0 Å². The van der Waals surface area contributed by atoms with E-state index < -0.39 is 0 Å². The molecule has 0 rings (SSSR count). The van der Waals surface area contributed by atoms with Crippen molar-refractivity contribution >= 4 is 0 Å². The highest BCUT2D eigenvalue weighted by Gasteiger charge is 1.93. The van der Waals surface area contributed by atoms with Crippen LogP contribution in [0.4, 0.5) is 0 Å². The number of hydrogen-bond donors (Lipinski definition) is 1. The van der Waals surface area contributed by atoms with Crippen LogP contribution in [0.15, 0.2) is 46.6 Å². The molecule has 0 atom stereocenters. The molecule has 0 aromatic carbocycles. The van der Waals surface area contributed by atoms with Gasteiger partial charge in [-0.3, -0.25) is 0 Å². The van der Waals surface area contributed by atoms with Crippen molar-refractivity contribution < 1.29 is 5.11 Å². The molecular formula is C22H38O. The summed E-state index contributed by atoms with van der Waals surface area (Å²) in [5, 5.41) is 8.78. The molecule has 0 amide bonds. The third kappa shape index (κ3) is 15.6. The first-order valence-electron chi connectivity index (χ1n) is 9.16. The molecule has 0 fully saturated rings. The minimum absolute atomic E-state index is 0.296. The fourth-order valence-corrected chi connectivity index (χ4v) is 2.43. The molecule has 0 unspecified atom stereocenters. The third-order valence-electron chi connectivity index (χ3n) is 4.01. The molecule has 0 aliphatic carbocycles. The van der Waals surface area contributed by atoms with Crippen molar-refractivity contribution in [1.82, 2.24) is 0 Å². The first-order valence-corrected chi connectivity index (χ1v) is 9.16. The van der Waals surface area contributed by atoms with E-state index in [2.05, 4.69) is 58.9 Å². The van der Waals surface area contributed by atoms with Crippen LogP contribution in [0.3, 0.4) is 0 Å². The Labute approximate surface area is 144 Å².